The van der Waals surface area contributed by atoms with E-state index in [2.05, 4.69) is 15.0 Å². The van der Waals surface area contributed by atoms with Gasteiger partial charge in [-0.2, -0.15) is 0 Å². The van der Waals surface area contributed by atoms with E-state index in [9.17, 15) is 9.18 Å². The number of benzene rings is 2. The largest absolute Gasteiger partial charge is 0.472 e. The highest BCUT2D eigenvalue weighted by Gasteiger charge is 2.39. The molecule has 144 valence electrons. The Kier molecular flexibility index (Phi) is 5.33. The van der Waals surface area contributed by atoms with Crippen LogP contribution in [0.2, 0.25) is 0 Å². The Morgan fingerprint density at radius 1 is 1.17 bits per heavy atom. The van der Waals surface area contributed by atoms with Crippen molar-refractivity contribution in [3.8, 4) is 0 Å². The monoisotopic (exact) mass is 407 g/mol. The van der Waals surface area contributed by atoms with Crippen molar-refractivity contribution < 1.29 is 13.6 Å². The van der Waals surface area contributed by atoms with E-state index in [1.54, 1.807) is 59.9 Å². The number of aliphatic imine (C=N–C) groups is 1. The van der Waals surface area contributed by atoms with Crippen LogP contribution in [0, 0.1) is 5.82 Å². The molecule has 0 N–H and O–H groups in total. The highest BCUT2D eigenvalue weighted by molar-refractivity contribution is 8.15. The van der Waals surface area contributed by atoms with Crippen LogP contribution in [0.3, 0.4) is 0 Å². The second-order valence-corrected chi connectivity index (χ2v) is 7.28. The maximum atomic E-state index is 13.6. The minimum Gasteiger partial charge on any atom is -0.472 e. The number of furan rings is 1. The number of halogens is 1. The summed E-state index contributed by atoms with van der Waals surface area (Å²) in [6.07, 6.45) is 3.11. The first-order chi connectivity index (χ1) is 14.1. The average molecular weight is 407 g/mol. The van der Waals surface area contributed by atoms with E-state index in [1.165, 1.54) is 23.9 Å². The van der Waals surface area contributed by atoms with Gasteiger partial charge in [0.25, 0.3) is 0 Å². The van der Waals surface area contributed by atoms with Gasteiger partial charge in [0.15, 0.2) is 5.17 Å². The van der Waals surface area contributed by atoms with Crippen LogP contribution < -0.4 is 0 Å². The maximum Gasteiger partial charge on any atom is 0.246 e. The number of azide groups is 1. The van der Waals surface area contributed by atoms with Gasteiger partial charge >= 0.3 is 0 Å². The van der Waals surface area contributed by atoms with Gasteiger partial charge in [0.2, 0.25) is 5.91 Å². The smallest absolute Gasteiger partial charge is 0.246 e. The number of hydrogen-bond donors (Lipinski definition) is 0. The molecule has 4 rings (SSSR count). The van der Waals surface area contributed by atoms with Crippen molar-refractivity contribution in [3.63, 3.8) is 0 Å². The highest BCUT2D eigenvalue weighted by Crippen LogP contribution is 2.41. The Labute approximate surface area is 169 Å². The van der Waals surface area contributed by atoms with E-state index in [1.807, 2.05) is 0 Å². The van der Waals surface area contributed by atoms with Crippen molar-refractivity contribution in [1.82, 2.24) is 4.90 Å². The molecular weight excluding hydrogens is 393 g/mol. The van der Waals surface area contributed by atoms with Gasteiger partial charge in [-0.1, -0.05) is 47.2 Å². The Balaban J connectivity index is 1.68. The van der Waals surface area contributed by atoms with Crippen molar-refractivity contribution in [1.29, 1.82) is 0 Å². The van der Waals surface area contributed by atoms with E-state index in [4.69, 9.17) is 9.95 Å². The van der Waals surface area contributed by atoms with Crippen molar-refractivity contribution in [2.75, 3.05) is 0 Å². The third-order valence-corrected chi connectivity index (χ3v) is 5.49. The number of rotatable bonds is 5. The number of amidine groups is 1. The van der Waals surface area contributed by atoms with Gasteiger partial charge in [-0.05, 0) is 35.4 Å². The van der Waals surface area contributed by atoms with Gasteiger partial charge in [-0.3, -0.25) is 9.69 Å². The molecule has 29 heavy (non-hydrogen) atoms. The molecule has 0 radical (unpaired) electrons. The summed E-state index contributed by atoms with van der Waals surface area (Å²) in [5.41, 5.74) is 11.0. The maximum absolute atomic E-state index is 13.6. The predicted octanol–water partition coefficient (Wildman–Crippen LogP) is 5.86. The van der Waals surface area contributed by atoms with Gasteiger partial charge in [-0.15, -0.1) is 0 Å². The van der Waals surface area contributed by atoms with Crippen LogP contribution in [-0.4, -0.2) is 16.0 Å². The van der Waals surface area contributed by atoms with Gasteiger partial charge in [-0.25, -0.2) is 9.38 Å². The topological polar surface area (TPSA) is 94.6 Å². The predicted molar refractivity (Wildman–Crippen MR) is 108 cm³/mol. The van der Waals surface area contributed by atoms with Crippen LogP contribution in [-0.2, 0) is 11.3 Å². The van der Waals surface area contributed by atoms with Crippen molar-refractivity contribution in [3.05, 3.63) is 94.5 Å². The van der Waals surface area contributed by atoms with Crippen LogP contribution in [0.1, 0.15) is 16.4 Å². The molecule has 0 aliphatic carbocycles. The molecule has 7 nitrogen and oxygen atoms in total. The van der Waals surface area contributed by atoms with E-state index < -0.39 is 11.1 Å². The first-order valence-electron chi connectivity index (χ1n) is 8.62. The molecule has 0 saturated carbocycles. The molecular formula is C20H14FN5O2S. The fourth-order valence-corrected chi connectivity index (χ4v) is 4.06. The van der Waals surface area contributed by atoms with Crippen LogP contribution in [0.25, 0.3) is 10.4 Å². The fourth-order valence-electron chi connectivity index (χ4n) is 2.89. The van der Waals surface area contributed by atoms with Crippen molar-refractivity contribution in [2.45, 2.75) is 11.8 Å². The number of carbonyl (C=O) groups excluding carboxylic acids is 1. The summed E-state index contributed by atoms with van der Waals surface area (Å²) in [7, 11) is 0. The molecule has 0 bridgehead atoms. The molecule has 1 fully saturated rings. The number of nitrogens with zero attached hydrogens (tertiary/aromatic N) is 5. The minimum atomic E-state index is -0.505. The third-order valence-electron chi connectivity index (χ3n) is 4.25. The van der Waals surface area contributed by atoms with Crippen LogP contribution in [0.15, 0.2) is 81.6 Å². The molecule has 0 spiro atoms. The van der Waals surface area contributed by atoms with Gasteiger partial charge in [0.1, 0.15) is 11.1 Å². The second-order valence-electron chi connectivity index (χ2n) is 6.21. The first-order valence-corrected chi connectivity index (χ1v) is 9.50. The minimum absolute atomic E-state index is 0.136. The SMILES string of the molecule is [N-]=[N+]=Nc1ccc(C2SC(=Nc3cccc(F)c3)N(Cc3ccoc3)C2=O)cc1. The average Bonchev–Trinajstić information content (AvgIpc) is 3.33. The molecule has 1 atom stereocenters. The summed E-state index contributed by atoms with van der Waals surface area (Å²) in [6, 6.07) is 14.5. The number of carbonyl (C=O) groups is 1. The summed E-state index contributed by atoms with van der Waals surface area (Å²) in [5.74, 6) is -0.532. The quantitative estimate of drug-likeness (QED) is 0.301. The van der Waals surface area contributed by atoms with Crippen LogP contribution in [0.4, 0.5) is 15.8 Å². The lowest BCUT2D eigenvalue weighted by atomic mass is 10.1. The van der Waals surface area contributed by atoms with E-state index in [0.717, 1.165) is 11.1 Å². The zero-order chi connectivity index (χ0) is 20.2. The molecule has 9 heteroatoms. The summed E-state index contributed by atoms with van der Waals surface area (Å²) in [6.45, 7) is 0.295. The zero-order valence-corrected chi connectivity index (χ0v) is 15.8. The Morgan fingerprint density at radius 2 is 2.00 bits per heavy atom. The molecule has 2 heterocycles. The van der Waals surface area contributed by atoms with Crippen molar-refractivity contribution >= 4 is 34.2 Å². The van der Waals surface area contributed by atoms with E-state index >= 15 is 0 Å². The van der Waals surface area contributed by atoms with Crippen LogP contribution >= 0.6 is 11.8 Å². The Bertz CT molecular complexity index is 1110. The summed E-state index contributed by atoms with van der Waals surface area (Å²) < 4.78 is 18.7. The lowest BCUT2D eigenvalue weighted by molar-refractivity contribution is -0.126. The number of amides is 1. The second kappa shape index (κ2) is 8.22. The van der Waals surface area contributed by atoms with Gasteiger partial charge in [0.05, 0.1) is 24.8 Å². The Hall–Kier alpha value is -3.55. The molecule has 1 unspecified atom stereocenters. The molecule has 1 aliphatic heterocycles. The lowest BCUT2D eigenvalue weighted by Gasteiger charge is -2.15. The van der Waals surface area contributed by atoms with Gasteiger partial charge in [0, 0.05) is 16.2 Å². The molecule has 1 saturated heterocycles. The first kappa shape index (κ1) is 18.8. The summed E-state index contributed by atoms with van der Waals surface area (Å²) >= 11 is 1.29. The zero-order valence-electron chi connectivity index (χ0n) is 15.0. The van der Waals surface area contributed by atoms with Crippen LogP contribution in [0.5, 0.6) is 0 Å². The Morgan fingerprint density at radius 3 is 2.69 bits per heavy atom. The molecule has 1 aromatic heterocycles. The van der Waals surface area contributed by atoms with Crippen molar-refractivity contribution in [2.24, 2.45) is 10.1 Å². The molecule has 1 aliphatic rings. The molecule has 1 amide bonds. The number of thioether (sulfide) groups is 1. The standard InChI is InChI=1S/C20H14FN5O2S/c21-15-2-1-3-17(10-15)23-20-26(11-13-8-9-28-12-13)19(27)18(29-20)14-4-6-16(7-5-14)24-25-22/h1-10,12,18H,11H2. The normalized spacial score (nSPS) is 17.6. The van der Waals surface area contributed by atoms with Gasteiger partial charge < -0.3 is 4.42 Å². The summed E-state index contributed by atoms with van der Waals surface area (Å²) in [5, 5.41) is 3.52. The molecule has 2 aromatic carbocycles. The summed E-state index contributed by atoms with van der Waals surface area (Å²) in [4.78, 5) is 22.0. The van der Waals surface area contributed by atoms with E-state index in [-0.39, 0.29) is 5.91 Å². The van der Waals surface area contributed by atoms with E-state index in [0.29, 0.717) is 23.1 Å². The number of hydrogen-bond acceptors (Lipinski definition) is 5. The third kappa shape index (κ3) is 4.16. The molecule has 3 aromatic rings. The highest BCUT2D eigenvalue weighted by atomic mass is 32.2. The fraction of sp³-hybridized carbons (Fsp3) is 0.100. The lowest BCUT2D eigenvalue weighted by Crippen LogP contribution is -2.29.